The van der Waals surface area contributed by atoms with Crippen molar-refractivity contribution < 1.29 is 13.9 Å². The van der Waals surface area contributed by atoms with E-state index in [-0.39, 0.29) is 17.9 Å². The molecule has 1 saturated heterocycles. The van der Waals surface area contributed by atoms with Gasteiger partial charge in [-0.15, -0.1) is 0 Å². The summed E-state index contributed by atoms with van der Waals surface area (Å²) in [6.07, 6.45) is 7.36. The molecule has 2 N–H and O–H groups in total. The predicted molar refractivity (Wildman–Crippen MR) is 145 cm³/mol. The van der Waals surface area contributed by atoms with Crippen LogP contribution < -0.4 is 5.73 Å². The molecule has 2 aromatic carbocycles. The van der Waals surface area contributed by atoms with Crippen LogP contribution in [0, 0.1) is 0 Å². The van der Waals surface area contributed by atoms with Gasteiger partial charge < -0.3 is 24.4 Å². The van der Waals surface area contributed by atoms with Crippen molar-refractivity contribution >= 4 is 16.9 Å². The van der Waals surface area contributed by atoms with Crippen LogP contribution in [0.5, 0.6) is 0 Å². The van der Waals surface area contributed by atoms with Crippen LogP contribution in [0.2, 0.25) is 0 Å². The lowest BCUT2D eigenvalue weighted by Crippen LogP contribution is -2.42. The number of furan rings is 1. The smallest absolute Gasteiger partial charge is 0.224 e. The number of ether oxygens (including phenoxy) is 1. The monoisotopic (exact) mass is 500 g/mol. The normalized spacial score (nSPS) is 16.8. The van der Waals surface area contributed by atoms with Crippen molar-refractivity contribution in [3.63, 3.8) is 0 Å². The van der Waals surface area contributed by atoms with E-state index in [2.05, 4.69) is 47.0 Å². The molecule has 5 rings (SSSR count). The number of carbonyl (C=O) groups is 1. The van der Waals surface area contributed by atoms with E-state index < -0.39 is 0 Å². The summed E-state index contributed by atoms with van der Waals surface area (Å²) in [6.45, 7) is 3.05. The number of nitrogens with zero attached hydrogens (tertiary/aromatic N) is 3. The van der Waals surface area contributed by atoms with Gasteiger partial charge in [0.25, 0.3) is 0 Å². The zero-order valence-corrected chi connectivity index (χ0v) is 21.5. The van der Waals surface area contributed by atoms with E-state index in [4.69, 9.17) is 19.9 Å². The fraction of sp³-hybridized carbons (Fsp3) is 0.400. The third kappa shape index (κ3) is 5.95. The van der Waals surface area contributed by atoms with Gasteiger partial charge in [0.05, 0.1) is 23.6 Å². The Morgan fingerprint density at radius 3 is 2.78 bits per heavy atom. The molecule has 1 aliphatic heterocycles. The number of aryl methyl sites for hydroxylation is 1. The van der Waals surface area contributed by atoms with E-state index >= 15 is 0 Å². The molecule has 1 amide bonds. The summed E-state index contributed by atoms with van der Waals surface area (Å²) in [4.78, 5) is 20.2. The Labute approximate surface area is 218 Å². The molecular formula is C30H36N4O3. The van der Waals surface area contributed by atoms with E-state index in [1.165, 1.54) is 0 Å². The van der Waals surface area contributed by atoms with Crippen LogP contribution in [0.15, 0.2) is 71.5 Å². The highest BCUT2D eigenvalue weighted by Gasteiger charge is 2.29. The minimum absolute atomic E-state index is 0.134. The summed E-state index contributed by atoms with van der Waals surface area (Å²) in [5, 5.41) is 0. The average Bonchev–Trinajstić information content (AvgIpc) is 3.58. The first-order valence-corrected chi connectivity index (χ1v) is 13.2. The molecule has 37 heavy (non-hydrogen) atoms. The fourth-order valence-electron chi connectivity index (χ4n) is 5.41. The second kappa shape index (κ2) is 11.8. The van der Waals surface area contributed by atoms with Crippen molar-refractivity contribution in [3.05, 3.63) is 78.5 Å². The van der Waals surface area contributed by atoms with Crippen LogP contribution in [-0.4, -0.2) is 53.2 Å². The summed E-state index contributed by atoms with van der Waals surface area (Å²) >= 11 is 0. The molecule has 7 nitrogen and oxygen atoms in total. The van der Waals surface area contributed by atoms with Gasteiger partial charge in [-0.1, -0.05) is 36.4 Å². The largest absolute Gasteiger partial charge is 0.472 e. The summed E-state index contributed by atoms with van der Waals surface area (Å²) in [5.41, 5.74) is 11.9. The van der Waals surface area contributed by atoms with Crippen molar-refractivity contribution in [1.82, 2.24) is 14.5 Å². The topological polar surface area (TPSA) is 86.5 Å². The molecular weight excluding hydrogens is 464 g/mol. The first-order valence-electron chi connectivity index (χ1n) is 13.2. The highest BCUT2D eigenvalue weighted by Crippen LogP contribution is 2.30. The van der Waals surface area contributed by atoms with Crippen molar-refractivity contribution in [2.24, 2.45) is 5.73 Å². The maximum atomic E-state index is 13.2. The average molecular weight is 501 g/mol. The Morgan fingerprint density at radius 2 is 2.00 bits per heavy atom. The van der Waals surface area contributed by atoms with E-state index in [0.717, 1.165) is 65.9 Å². The number of rotatable bonds is 10. The molecule has 0 saturated carbocycles. The first kappa shape index (κ1) is 25.2. The van der Waals surface area contributed by atoms with Crippen LogP contribution >= 0.6 is 0 Å². The summed E-state index contributed by atoms with van der Waals surface area (Å²) in [7, 11) is 1.73. The number of amides is 1. The molecule has 1 fully saturated rings. The first-order chi connectivity index (χ1) is 18.1. The van der Waals surface area contributed by atoms with Crippen LogP contribution in [0.3, 0.4) is 0 Å². The van der Waals surface area contributed by atoms with Gasteiger partial charge in [0, 0.05) is 57.3 Å². The molecule has 2 unspecified atom stereocenters. The van der Waals surface area contributed by atoms with Gasteiger partial charge in [-0.25, -0.2) is 4.98 Å². The maximum absolute atomic E-state index is 13.2. The van der Waals surface area contributed by atoms with Gasteiger partial charge in [0.1, 0.15) is 5.82 Å². The van der Waals surface area contributed by atoms with E-state index in [0.29, 0.717) is 26.0 Å². The molecule has 194 valence electrons. The Hall–Kier alpha value is -3.42. The number of nitrogens with two attached hydrogens (primary N) is 1. The Kier molecular flexibility index (Phi) is 8.02. The Bertz CT molecular complexity index is 1300. The Balaban J connectivity index is 1.22. The van der Waals surface area contributed by atoms with Gasteiger partial charge in [0.15, 0.2) is 0 Å². The summed E-state index contributed by atoms with van der Waals surface area (Å²) < 4.78 is 12.8. The van der Waals surface area contributed by atoms with Gasteiger partial charge in [-0.05, 0) is 55.0 Å². The number of piperidine rings is 1. The minimum Gasteiger partial charge on any atom is -0.472 e. The van der Waals surface area contributed by atoms with Gasteiger partial charge >= 0.3 is 0 Å². The molecule has 3 heterocycles. The van der Waals surface area contributed by atoms with Crippen molar-refractivity contribution in [2.45, 2.75) is 50.6 Å². The van der Waals surface area contributed by atoms with Crippen LogP contribution in [0.1, 0.15) is 43.0 Å². The second-order valence-electron chi connectivity index (χ2n) is 10.0. The lowest BCUT2D eigenvalue weighted by atomic mass is 9.95. The molecule has 0 spiro atoms. The lowest BCUT2D eigenvalue weighted by Gasteiger charge is -2.33. The SMILES string of the molecule is COCCCn1c(C2CCCN(C(=O)CC(N)Cc3ccc(-c4ccoc4)cc3)C2)nc2ccccc21. The quantitative estimate of drug-likeness (QED) is 0.310. The third-order valence-corrected chi connectivity index (χ3v) is 7.30. The summed E-state index contributed by atoms with van der Waals surface area (Å²) in [5.74, 6) is 1.44. The molecule has 2 aromatic heterocycles. The van der Waals surface area contributed by atoms with Crippen molar-refractivity contribution in [1.29, 1.82) is 0 Å². The molecule has 2 atom stereocenters. The molecule has 0 aliphatic carbocycles. The number of imidazole rings is 1. The lowest BCUT2D eigenvalue weighted by molar-refractivity contribution is -0.132. The highest BCUT2D eigenvalue weighted by molar-refractivity contribution is 5.78. The zero-order chi connectivity index (χ0) is 25.6. The number of hydrogen-bond acceptors (Lipinski definition) is 5. The van der Waals surface area contributed by atoms with Gasteiger partial charge in [0.2, 0.25) is 5.91 Å². The van der Waals surface area contributed by atoms with Gasteiger partial charge in [-0.2, -0.15) is 0 Å². The molecule has 7 heteroatoms. The van der Waals surface area contributed by atoms with E-state index in [1.807, 2.05) is 17.0 Å². The van der Waals surface area contributed by atoms with Crippen LogP contribution in [0.25, 0.3) is 22.2 Å². The van der Waals surface area contributed by atoms with Crippen molar-refractivity contribution in [2.75, 3.05) is 26.8 Å². The van der Waals surface area contributed by atoms with Crippen LogP contribution in [-0.2, 0) is 22.5 Å². The minimum atomic E-state index is -0.216. The Morgan fingerprint density at radius 1 is 1.16 bits per heavy atom. The number of methoxy groups -OCH3 is 1. The summed E-state index contributed by atoms with van der Waals surface area (Å²) in [6, 6.07) is 18.3. The standard InChI is InChI=1S/C30H36N4O3/c1-36-16-5-15-34-28-8-3-2-7-27(28)32-30(34)24-6-4-14-33(20-24)29(35)19-26(31)18-22-9-11-23(12-10-22)25-13-17-37-21-25/h2-3,7-13,17,21,24,26H,4-6,14-16,18-20,31H2,1H3. The number of para-hydroxylation sites is 2. The second-order valence-corrected chi connectivity index (χ2v) is 10.0. The molecule has 0 bridgehead atoms. The number of carbonyl (C=O) groups excluding carboxylic acids is 1. The number of fused-ring (bicyclic) bond motifs is 1. The molecule has 1 aliphatic rings. The number of hydrogen-bond donors (Lipinski definition) is 1. The van der Waals surface area contributed by atoms with Gasteiger partial charge in [-0.3, -0.25) is 4.79 Å². The van der Waals surface area contributed by atoms with E-state index in [1.54, 1.807) is 19.6 Å². The third-order valence-electron chi connectivity index (χ3n) is 7.30. The number of likely N-dealkylation sites (tertiary alicyclic amines) is 1. The molecule has 0 radical (unpaired) electrons. The maximum Gasteiger partial charge on any atom is 0.224 e. The number of aromatic nitrogens is 2. The molecule has 4 aromatic rings. The predicted octanol–water partition coefficient (Wildman–Crippen LogP) is 5.00. The number of benzene rings is 2. The van der Waals surface area contributed by atoms with Crippen molar-refractivity contribution in [3.8, 4) is 11.1 Å². The van der Waals surface area contributed by atoms with Crippen LogP contribution in [0.4, 0.5) is 0 Å². The zero-order valence-electron chi connectivity index (χ0n) is 21.5. The van der Waals surface area contributed by atoms with E-state index in [9.17, 15) is 4.79 Å². The highest BCUT2D eigenvalue weighted by atomic mass is 16.5. The fourth-order valence-corrected chi connectivity index (χ4v) is 5.41.